The molecule has 8 nitrogen and oxygen atoms in total. The topological polar surface area (TPSA) is 118 Å². The Morgan fingerprint density at radius 3 is 2.50 bits per heavy atom. The van der Waals surface area contributed by atoms with Gasteiger partial charge >= 0.3 is 11.7 Å². The predicted octanol–water partition coefficient (Wildman–Crippen LogP) is 1.50. The first-order valence-electron chi connectivity index (χ1n) is 5.80. The van der Waals surface area contributed by atoms with Gasteiger partial charge in [-0.05, 0) is 12.1 Å². The molecular formula is C11H12F2N2O6S. The van der Waals surface area contributed by atoms with Crippen LogP contribution in [0.1, 0.15) is 6.42 Å². The van der Waals surface area contributed by atoms with Gasteiger partial charge in [0.15, 0.2) is 0 Å². The van der Waals surface area contributed by atoms with Crippen LogP contribution in [-0.2, 0) is 14.6 Å². The van der Waals surface area contributed by atoms with Crippen LogP contribution in [0, 0.1) is 10.1 Å². The largest absolute Gasteiger partial charge is 0.481 e. The van der Waals surface area contributed by atoms with Gasteiger partial charge in [0.05, 0.1) is 16.2 Å². The Balaban J connectivity index is 3.27. The average molecular weight is 338 g/mol. The smallest absolute Gasteiger partial charge is 0.341 e. The van der Waals surface area contributed by atoms with Gasteiger partial charge in [0.25, 0.3) is 5.69 Å². The van der Waals surface area contributed by atoms with Gasteiger partial charge in [-0.2, -0.15) is 8.78 Å². The van der Waals surface area contributed by atoms with Crippen molar-refractivity contribution in [3.63, 3.8) is 0 Å². The lowest BCUT2D eigenvalue weighted by Crippen LogP contribution is -2.22. The van der Waals surface area contributed by atoms with E-state index >= 15 is 0 Å². The third-order valence-corrected chi connectivity index (χ3v) is 4.16. The van der Waals surface area contributed by atoms with E-state index in [9.17, 15) is 32.1 Å². The minimum atomic E-state index is -4.95. The number of carbonyl (C=O) groups is 1. The molecule has 0 unspecified atom stereocenters. The molecule has 122 valence electrons. The van der Waals surface area contributed by atoms with Crippen molar-refractivity contribution in [2.24, 2.45) is 0 Å². The van der Waals surface area contributed by atoms with Crippen molar-refractivity contribution >= 4 is 27.2 Å². The Labute approximate surface area is 124 Å². The summed E-state index contributed by atoms with van der Waals surface area (Å²) in [6.45, 7) is -0.0723. The average Bonchev–Trinajstić information content (AvgIpc) is 2.43. The summed E-state index contributed by atoms with van der Waals surface area (Å²) >= 11 is 0. The number of hydrogen-bond donors (Lipinski definition) is 1. The number of benzene rings is 1. The molecule has 1 aromatic rings. The number of anilines is 1. The maximum atomic E-state index is 12.5. The van der Waals surface area contributed by atoms with Crippen LogP contribution >= 0.6 is 0 Å². The molecule has 0 amide bonds. The molecule has 0 aliphatic rings. The Kier molecular flexibility index (Phi) is 5.36. The summed E-state index contributed by atoms with van der Waals surface area (Å²) in [6, 6.07) is 2.35. The zero-order chi connectivity index (χ0) is 17.1. The molecule has 1 N–H and O–H groups in total. The quantitative estimate of drug-likeness (QED) is 0.591. The molecule has 0 aromatic heterocycles. The third kappa shape index (κ3) is 3.87. The number of nitrogens with zero attached hydrogens (tertiary/aromatic N) is 2. The first-order valence-corrected chi connectivity index (χ1v) is 7.35. The lowest BCUT2D eigenvalue weighted by molar-refractivity contribution is -0.384. The van der Waals surface area contributed by atoms with Crippen LogP contribution in [0.2, 0.25) is 0 Å². The number of carboxylic acid groups (broad SMARTS) is 1. The zero-order valence-electron chi connectivity index (χ0n) is 11.3. The zero-order valence-corrected chi connectivity index (χ0v) is 12.1. The van der Waals surface area contributed by atoms with Gasteiger partial charge in [0, 0.05) is 19.7 Å². The third-order valence-electron chi connectivity index (χ3n) is 2.78. The van der Waals surface area contributed by atoms with E-state index in [0.29, 0.717) is 6.07 Å². The molecular weight excluding hydrogens is 326 g/mol. The number of carboxylic acids is 1. The van der Waals surface area contributed by atoms with Crippen LogP contribution in [0.5, 0.6) is 0 Å². The van der Waals surface area contributed by atoms with Crippen LogP contribution in [0.4, 0.5) is 20.2 Å². The highest BCUT2D eigenvalue weighted by molar-refractivity contribution is 7.91. The van der Waals surface area contributed by atoms with Gasteiger partial charge in [0.1, 0.15) is 5.69 Å². The van der Waals surface area contributed by atoms with Crippen LogP contribution in [-0.4, -0.2) is 43.8 Å². The number of rotatable bonds is 7. The molecule has 0 saturated carbocycles. The van der Waals surface area contributed by atoms with Crippen molar-refractivity contribution in [1.29, 1.82) is 0 Å². The Morgan fingerprint density at radius 1 is 1.45 bits per heavy atom. The number of hydrogen-bond acceptors (Lipinski definition) is 6. The molecule has 1 rings (SSSR count). The first-order chi connectivity index (χ1) is 10.1. The summed E-state index contributed by atoms with van der Waals surface area (Å²) < 4.78 is 47.6. The van der Waals surface area contributed by atoms with Crippen LogP contribution in [0.25, 0.3) is 0 Å². The van der Waals surface area contributed by atoms with Crippen LogP contribution in [0.3, 0.4) is 0 Å². The van der Waals surface area contributed by atoms with Crippen molar-refractivity contribution in [2.45, 2.75) is 17.1 Å². The van der Waals surface area contributed by atoms with Crippen LogP contribution in [0.15, 0.2) is 23.1 Å². The highest BCUT2D eigenvalue weighted by Crippen LogP contribution is 2.31. The fourth-order valence-corrected chi connectivity index (χ4v) is 2.38. The molecule has 0 saturated heterocycles. The van der Waals surface area contributed by atoms with E-state index in [1.54, 1.807) is 0 Å². The number of aliphatic carboxylic acids is 1. The molecule has 0 aliphatic heterocycles. The van der Waals surface area contributed by atoms with E-state index in [4.69, 9.17) is 5.11 Å². The monoisotopic (exact) mass is 338 g/mol. The highest BCUT2D eigenvalue weighted by atomic mass is 32.2. The Morgan fingerprint density at radius 2 is 2.05 bits per heavy atom. The maximum Gasteiger partial charge on any atom is 0.341 e. The molecule has 0 atom stereocenters. The van der Waals surface area contributed by atoms with E-state index in [1.807, 2.05) is 0 Å². The number of sulfone groups is 1. The summed E-state index contributed by atoms with van der Waals surface area (Å²) in [7, 11) is -3.58. The highest BCUT2D eigenvalue weighted by Gasteiger charge is 2.30. The molecule has 1 aromatic carbocycles. The lowest BCUT2D eigenvalue weighted by atomic mass is 10.2. The van der Waals surface area contributed by atoms with E-state index in [2.05, 4.69) is 0 Å². The molecule has 0 bridgehead atoms. The number of nitro groups is 1. The van der Waals surface area contributed by atoms with Gasteiger partial charge in [-0.25, -0.2) is 8.42 Å². The summed E-state index contributed by atoms with van der Waals surface area (Å²) in [4.78, 5) is 20.9. The standard InChI is InChI=1S/C11H12F2N2O6S/c1-14(5-4-10(16)17)8-3-2-7(6-9(8)15(18)19)22(20,21)11(12)13/h2-3,6,11H,4-5H2,1H3,(H,16,17). The molecule has 0 heterocycles. The molecule has 0 fully saturated rings. The van der Waals surface area contributed by atoms with Crippen molar-refractivity contribution in [1.82, 2.24) is 0 Å². The van der Waals surface area contributed by atoms with Gasteiger partial charge in [-0.15, -0.1) is 0 Å². The Hall–Kier alpha value is -2.30. The van der Waals surface area contributed by atoms with Crippen molar-refractivity contribution in [3.05, 3.63) is 28.3 Å². The summed E-state index contributed by atoms with van der Waals surface area (Å²) in [5, 5.41) is 19.6. The number of alkyl halides is 2. The van der Waals surface area contributed by atoms with Gasteiger partial charge < -0.3 is 10.0 Å². The lowest BCUT2D eigenvalue weighted by Gasteiger charge is -2.18. The molecule has 0 aliphatic carbocycles. The Bertz CT molecular complexity index is 692. The van der Waals surface area contributed by atoms with E-state index in [-0.39, 0.29) is 18.7 Å². The van der Waals surface area contributed by atoms with Gasteiger partial charge in [-0.3, -0.25) is 14.9 Å². The van der Waals surface area contributed by atoms with Crippen molar-refractivity contribution in [2.75, 3.05) is 18.5 Å². The van der Waals surface area contributed by atoms with Crippen molar-refractivity contribution in [3.8, 4) is 0 Å². The summed E-state index contributed by atoms with van der Waals surface area (Å²) in [5.74, 6) is -4.81. The fourth-order valence-electron chi connectivity index (χ4n) is 1.64. The maximum absolute atomic E-state index is 12.5. The second-order valence-corrected chi connectivity index (χ2v) is 6.20. The normalized spacial score (nSPS) is 11.5. The first kappa shape index (κ1) is 17.8. The van der Waals surface area contributed by atoms with E-state index in [1.165, 1.54) is 11.9 Å². The summed E-state index contributed by atoms with van der Waals surface area (Å²) in [5.41, 5.74) is -0.769. The minimum absolute atomic E-state index is 0.0699. The van der Waals surface area contributed by atoms with E-state index < -0.39 is 37.1 Å². The van der Waals surface area contributed by atoms with Crippen LogP contribution < -0.4 is 4.90 Å². The number of halogens is 2. The second kappa shape index (κ2) is 6.64. The fraction of sp³-hybridized carbons (Fsp3) is 0.364. The van der Waals surface area contributed by atoms with E-state index in [0.717, 1.165) is 12.1 Å². The molecule has 22 heavy (non-hydrogen) atoms. The number of nitro benzene ring substituents is 1. The second-order valence-electron chi connectivity index (χ2n) is 4.28. The SMILES string of the molecule is CN(CCC(=O)O)c1ccc(S(=O)(=O)C(F)F)cc1[N+](=O)[O-]. The van der Waals surface area contributed by atoms with Gasteiger partial charge in [0.2, 0.25) is 9.84 Å². The minimum Gasteiger partial charge on any atom is -0.481 e. The molecule has 11 heteroatoms. The molecule has 0 spiro atoms. The summed E-state index contributed by atoms with van der Waals surface area (Å²) in [6.07, 6.45) is -0.301. The predicted molar refractivity (Wildman–Crippen MR) is 71.8 cm³/mol. The van der Waals surface area contributed by atoms with Crippen molar-refractivity contribution < 1.29 is 32.0 Å². The van der Waals surface area contributed by atoms with Gasteiger partial charge in [-0.1, -0.05) is 0 Å². The molecule has 0 radical (unpaired) electrons.